The normalized spacial score (nSPS) is 17.9. The number of benzene rings is 1. The van der Waals surface area contributed by atoms with Crippen LogP contribution in [0.2, 0.25) is 0 Å². The summed E-state index contributed by atoms with van der Waals surface area (Å²) in [6, 6.07) is 7.17. The molecule has 0 unspecified atom stereocenters. The van der Waals surface area contributed by atoms with Gasteiger partial charge in [0.2, 0.25) is 5.91 Å². The molecule has 2 heterocycles. The zero-order valence-corrected chi connectivity index (χ0v) is 18.9. The van der Waals surface area contributed by atoms with Gasteiger partial charge in [0.15, 0.2) is 5.69 Å². The molecule has 3 rings (SSSR count). The molecule has 1 N–H and O–H groups in total. The molecule has 2 amide bonds. The van der Waals surface area contributed by atoms with Crippen LogP contribution in [0.1, 0.15) is 60.7 Å². The summed E-state index contributed by atoms with van der Waals surface area (Å²) in [5.41, 5.74) is -0.364. The summed E-state index contributed by atoms with van der Waals surface area (Å²) in [7, 11) is 0. The predicted octanol–water partition coefficient (Wildman–Crippen LogP) is 2.78. The largest absolute Gasteiger partial charge is 0.461 e. The first-order chi connectivity index (χ1) is 15.2. The van der Waals surface area contributed by atoms with E-state index in [0.29, 0.717) is 18.0 Å². The van der Waals surface area contributed by atoms with Crippen LogP contribution in [0.15, 0.2) is 30.3 Å². The summed E-state index contributed by atoms with van der Waals surface area (Å²) in [6.45, 7) is 8.31. The van der Waals surface area contributed by atoms with Crippen LogP contribution >= 0.6 is 0 Å². The predicted molar refractivity (Wildman–Crippen MR) is 115 cm³/mol. The van der Waals surface area contributed by atoms with Gasteiger partial charge in [0.25, 0.3) is 5.91 Å². The number of esters is 1. The molecule has 0 bridgehead atoms. The standard InChI is InChI=1S/C23H29FN4O4/c1-5-32-21(30)18-12-19-20(29)27(13-16-6-8-17(24)9-7-16)23(4,14-28(19)26-18)22(31)25-11-10-15(2)3/h6-9,12,15H,5,10-11,13-14H2,1-4H3,(H,25,31)/t23-/m1/s1. The van der Waals surface area contributed by atoms with Crippen molar-refractivity contribution in [3.05, 3.63) is 53.1 Å². The quantitative estimate of drug-likeness (QED) is 0.632. The van der Waals surface area contributed by atoms with Gasteiger partial charge < -0.3 is 15.0 Å². The van der Waals surface area contributed by atoms with Crippen molar-refractivity contribution in [1.29, 1.82) is 0 Å². The SMILES string of the molecule is CCOC(=O)c1cc2n(n1)C[C@](C)(C(=O)NCCC(C)C)N(Cc1ccc(F)cc1)C2=O. The van der Waals surface area contributed by atoms with Crippen molar-refractivity contribution in [1.82, 2.24) is 20.0 Å². The number of halogens is 1. The van der Waals surface area contributed by atoms with Gasteiger partial charge in [-0.05, 0) is 43.9 Å². The Bertz CT molecular complexity index is 1000. The molecule has 1 aliphatic heterocycles. The number of fused-ring (bicyclic) bond motifs is 1. The van der Waals surface area contributed by atoms with Crippen molar-refractivity contribution in [3.8, 4) is 0 Å². The number of amides is 2. The van der Waals surface area contributed by atoms with E-state index in [1.807, 2.05) is 0 Å². The fourth-order valence-electron chi connectivity index (χ4n) is 3.63. The molecule has 1 aromatic heterocycles. The Kier molecular flexibility index (Phi) is 6.96. The minimum absolute atomic E-state index is 0.0152. The highest BCUT2D eigenvalue weighted by Crippen LogP contribution is 2.29. The van der Waals surface area contributed by atoms with Gasteiger partial charge in [-0.1, -0.05) is 26.0 Å². The van der Waals surface area contributed by atoms with E-state index in [0.717, 1.165) is 6.42 Å². The van der Waals surface area contributed by atoms with Gasteiger partial charge in [0.1, 0.15) is 17.1 Å². The number of carbonyl (C=O) groups excluding carboxylic acids is 3. The topological polar surface area (TPSA) is 93.5 Å². The highest BCUT2D eigenvalue weighted by atomic mass is 19.1. The van der Waals surface area contributed by atoms with Crippen LogP contribution in [0.5, 0.6) is 0 Å². The molecule has 0 fully saturated rings. The lowest BCUT2D eigenvalue weighted by Crippen LogP contribution is -2.63. The highest BCUT2D eigenvalue weighted by Gasteiger charge is 2.48. The Hall–Kier alpha value is -3.23. The Morgan fingerprint density at radius 1 is 1.28 bits per heavy atom. The highest BCUT2D eigenvalue weighted by molar-refractivity contribution is 6.01. The van der Waals surface area contributed by atoms with E-state index in [2.05, 4.69) is 24.3 Å². The van der Waals surface area contributed by atoms with Gasteiger partial charge in [-0.2, -0.15) is 5.10 Å². The lowest BCUT2D eigenvalue weighted by molar-refractivity contribution is -0.133. The third kappa shape index (κ3) is 4.81. The monoisotopic (exact) mass is 444 g/mol. The molecule has 1 atom stereocenters. The van der Waals surface area contributed by atoms with Crippen LogP contribution < -0.4 is 5.32 Å². The fourth-order valence-corrected chi connectivity index (χ4v) is 3.63. The number of nitrogens with zero attached hydrogens (tertiary/aromatic N) is 3. The average molecular weight is 445 g/mol. The van der Waals surface area contributed by atoms with Crippen LogP contribution in [0.25, 0.3) is 0 Å². The minimum Gasteiger partial charge on any atom is -0.461 e. The second kappa shape index (κ2) is 9.50. The van der Waals surface area contributed by atoms with E-state index >= 15 is 0 Å². The Balaban J connectivity index is 1.96. The van der Waals surface area contributed by atoms with Gasteiger partial charge in [0.05, 0.1) is 13.2 Å². The molecule has 0 spiro atoms. The molecule has 0 saturated heterocycles. The van der Waals surface area contributed by atoms with E-state index in [1.165, 1.54) is 27.8 Å². The maximum Gasteiger partial charge on any atom is 0.358 e. The maximum atomic E-state index is 13.4. The minimum atomic E-state index is -1.26. The molecule has 0 aliphatic carbocycles. The zero-order valence-electron chi connectivity index (χ0n) is 18.9. The van der Waals surface area contributed by atoms with Gasteiger partial charge in [-0.15, -0.1) is 0 Å². The summed E-state index contributed by atoms with van der Waals surface area (Å²) in [5.74, 6) is -1.35. The molecular formula is C23H29FN4O4. The summed E-state index contributed by atoms with van der Waals surface area (Å²) < 4.78 is 19.7. The van der Waals surface area contributed by atoms with Crippen molar-refractivity contribution in [2.24, 2.45) is 5.92 Å². The molecule has 172 valence electrons. The van der Waals surface area contributed by atoms with Crippen LogP contribution in [0.4, 0.5) is 4.39 Å². The Morgan fingerprint density at radius 3 is 2.59 bits per heavy atom. The second-order valence-corrected chi connectivity index (χ2v) is 8.52. The summed E-state index contributed by atoms with van der Waals surface area (Å²) in [4.78, 5) is 40.3. The molecule has 0 saturated carbocycles. The van der Waals surface area contributed by atoms with E-state index in [9.17, 15) is 18.8 Å². The number of carbonyl (C=O) groups is 3. The summed E-state index contributed by atoms with van der Waals surface area (Å²) >= 11 is 0. The van der Waals surface area contributed by atoms with Gasteiger partial charge in [-0.25, -0.2) is 9.18 Å². The molecule has 32 heavy (non-hydrogen) atoms. The lowest BCUT2D eigenvalue weighted by atomic mass is 9.94. The fraction of sp³-hybridized carbons (Fsp3) is 0.478. The van der Waals surface area contributed by atoms with Crippen molar-refractivity contribution in [2.75, 3.05) is 13.2 Å². The van der Waals surface area contributed by atoms with E-state index in [4.69, 9.17) is 4.74 Å². The number of nitrogens with one attached hydrogen (secondary N) is 1. The molecule has 8 nitrogen and oxygen atoms in total. The van der Waals surface area contributed by atoms with Crippen molar-refractivity contribution in [2.45, 2.75) is 52.7 Å². The first-order valence-electron chi connectivity index (χ1n) is 10.8. The first kappa shape index (κ1) is 23.4. The summed E-state index contributed by atoms with van der Waals surface area (Å²) in [6.07, 6.45) is 0.799. The molecule has 2 aromatic rings. The molecule has 9 heteroatoms. The van der Waals surface area contributed by atoms with Crippen LogP contribution in [0, 0.1) is 11.7 Å². The third-order valence-corrected chi connectivity index (χ3v) is 5.53. The lowest BCUT2D eigenvalue weighted by Gasteiger charge is -2.43. The summed E-state index contributed by atoms with van der Waals surface area (Å²) in [5, 5.41) is 7.15. The number of hydrogen-bond acceptors (Lipinski definition) is 5. The van der Waals surface area contributed by atoms with Gasteiger partial charge in [-0.3, -0.25) is 14.3 Å². The van der Waals surface area contributed by atoms with Gasteiger partial charge >= 0.3 is 5.97 Å². The third-order valence-electron chi connectivity index (χ3n) is 5.53. The van der Waals surface area contributed by atoms with E-state index in [-0.39, 0.29) is 42.8 Å². The zero-order chi connectivity index (χ0) is 23.5. The smallest absolute Gasteiger partial charge is 0.358 e. The van der Waals surface area contributed by atoms with Gasteiger partial charge in [0, 0.05) is 19.2 Å². The van der Waals surface area contributed by atoms with Crippen LogP contribution in [-0.4, -0.2) is 51.2 Å². The number of rotatable bonds is 8. The number of ether oxygens (including phenoxy) is 1. The Labute approximate surface area is 186 Å². The molecule has 0 radical (unpaired) electrons. The number of hydrogen-bond donors (Lipinski definition) is 1. The average Bonchev–Trinajstić information content (AvgIpc) is 3.16. The molecule has 1 aliphatic rings. The van der Waals surface area contributed by atoms with E-state index < -0.39 is 17.4 Å². The van der Waals surface area contributed by atoms with E-state index in [1.54, 1.807) is 26.0 Å². The number of aromatic nitrogens is 2. The maximum absolute atomic E-state index is 13.4. The first-order valence-corrected chi connectivity index (χ1v) is 10.8. The molecular weight excluding hydrogens is 415 g/mol. The van der Waals surface area contributed by atoms with Crippen molar-refractivity contribution in [3.63, 3.8) is 0 Å². The molecule has 1 aromatic carbocycles. The van der Waals surface area contributed by atoms with Crippen LogP contribution in [0.3, 0.4) is 0 Å². The Morgan fingerprint density at radius 2 is 1.97 bits per heavy atom. The van der Waals surface area contributed by atoms with Crippen molar-refractivity contribution < 1.29 is 23.5 Å². The second-order valence-electron chi connectivity index (χ2n) is 8.52. The van der Waals surface area contributed by atoms with Crippen LogP contribution in [-0.2, 0) is 22.6 Å². The van der Waals surface area contributed by atoms with Crippen molar-refractivity contribution >= 4 is 17.8 Å².